The summed E-state index contributed by atoms with van der Waals surface area (Å²) in [5.74, 6) is -0.994. The molecule has 2 aliphatic heterocycles. The summed E-state index contributed by atoms with van der Waals surface area (Å²) in [6.07, 6.45) is 2.14. The van der Waals surface area contributed by atoms with Crippen LogP contribution in [0.2, 0.25) is 9.36 Å². The van der Waals surface area contributed by atoms with Gasteiger partial charge in [0.1, 0.15) is 9.04 Å². The van der Waals surface area contributed by atoms with Crippen molar-refractivity contribution in [3.05, 3.63) is 43.7 Å². The summed E-state index contributed by atoms with van der Waals surface area (Å²) in [5.41, 5.74) is 0.726. The maximum Gasteiger partial charge on any atom is 0.370 e. The van der Waals surface area contributed by atoms with Crippen LogP contribution in [0, 0.1) is 0 Å². The van der Waals surface area contributed by atoms with Gasteiger partial charge in [0.2, 0.25) is 11.9 Å². The normalized spacial score (nSPS) is 24.1. The van der Waals surface area contributed by atoms with E-state index in [1.807, 2.05) is 12.1 Å². The van der Waals surface area contributed by atoms with Crippen molar-refractivity contribution in [1.29, 1.82) is 0 Å². The molecule has 1 fully saturated rings. The molecule has 1 aromatic carbocycles. The molecule has 0 amide bonds. The van der Waals surface area contributed by atoms with Crippen LogP contribution in [0.1, 0.15) is 11.4 Å². The number of hydrogen-bond acceptors (Lipinski definition) is 6. The van der Waals surface area contributed by atoms with Crippen molar-refractivity contribution in [3.8, 4) is 0 Å². The van der Waals surface area contributed by atoms with E-state index in [-0.39, 0.29) is 11.0 Å². The lowest BCUT2D eigenvalue weighted by Crippen LogP contribution is -2.66. The summed E-state index contributed by atoms with van der Waals surface area (Å²) >= 11 is 16.4. The second kappa shape index (κ2) is 7.42. The molecule has 0 radical (unpaired) electrons. The fraction of sp³-hybridized carbons (Fsp3) is 0.222. The van der Waals surface area contributed by atoms with Crippen molar-refractivity contribution in [2.45, 2.75) is 23.2 Å². The third-order valence-electron chi connectivity index (χ3n) is 5.44. The van der Waals surface area contributed by atoms with E-state index in [4.69, 9.17) is 23.2 Å². The van der Waals surface area contributed by atoms with Crippen molar-refractivity contribution in [1.82, 2.24) is 4.48 Å². The quantitative estimate of drug-likeness (QED) is 0.285. The predicted octanol–water partition coefficient (Wildman–Crippen LogP) is 4.67. The highest BCUT2D eigenvalue weighted by Gasteiger charge is 2.62. The Morgan fingerprint density at radius 2 is 2.06 bits per heavy atom. The van der Waals surface area contributed by atoms with Crippen LogP contribution in [0.4, 0.5) is 5.69 Å². The Balaban J connectivity index is 1.71. The number of fused-ring (bicyclic) bond motifs is 3. The zero-order valence-corrected chi connectivity index (χ0v) is 20.3. The number of aromatic nitrogens is 1. The molecule has 3 aromatic rings. The van der Waals surface area contributed by atoms with E-state index in [0.717, 1.165) is 20.1 Å². The fourth-order valence-corrected chi connectivity index (χ4v) is 9.55. The molecule has 2 atom stereocenters. The number of hydrogen-bond donors (Lipinski definition) is 2. The van der Waals surface area contributed by atoms with Gasteiger partial charge in [-0.3, -0.25) is 4.55 Å². The van der Waals surface area contributed by atoms with E-state index in [1.54, 1.807) is 22.8 Å². The van der Waals surface area contributed by atoms with Crippen LogP contribution in [-0.4, -0.2) is 36.0 Å². The van der Waals surface area contributed by atoms with Gasteiger partial charge in [0.25, 0.3) is 9.84 Å². The number of halogens is 2. The van der Waals surface area contributed by atoms with Crippen molar-refractivity contribution < 1.29 is 27.4 Å². The van der Waals surface area contributed by atoms with Gasteiger partial charge in [0.15, 0.2) is 10.7 Å². The molecular weight excluding hydrogens is 523 g/mol. The number of thioether (sulfide) groups is 1. The lowest BCUT2D eigenvalue weighted by Gasteiger charge is -2.47. The van der Waals surface area contributed by atoms with Gasteiger partial charge in [0.05, 0.1) is 23.9 Å². The number of rotatable bonds is 4. The molecule has 1 saturated heterocycles. The van der Waals surface area contributed by atoms with E-state index in [2.05, 4.69) is 0 Å². The molecule has 1 spiro atoms. The van der Waals surface area contributed by atoms with Gasteiger partial charge in [-0.1, -0.05) is 45.9 Å². The highest BCUT2D eigenvalue weighted by atomic mass is 35.5. The van der Waals surface area contributed by atoms with Crippen LogP contribution >= 0.6 is 57.6 Å². The summed E-state index contributed by atoms with van der Waals surface area (Å²) < 4.78 is 37.4. The number of quaternary nitrogens is 1. The van der Waals surface area contributed by atoms with Gasteiger partial charge in [-0.2, -0.15) is 13.0 Å². The first kappa shape index (κ1) is 21.7. The Bertz CT molecular complexity index is 1400. The van der Waals surface area contributed by atoms with Crippen LogP contribution in [0.25, 0.3) is 15.6 Å². The topological polar surface area (TPSA) is 95.5 Å². The van der Waals surface area contributed by atoms with Crippen LogP contribution in [0.5, 0.6) is 0 Å². The fourth-order valence-electron chi connectivity index (χ4n) is 4.11. The standard InChI is InChI=1S/C18H12Cl2N2O5S4/c19-9-1-2-11-10(5-9)22(4-3-16(22)31(25,26)27)15(29-11)7-14-21(8-17(23)24)18-12(28-14)6-13(20)30-18/h1-2,5-7,16H,3-4,8H2/p+2. The Morgan fingerprint density at radius 1 is 1.29 bits per heavy atom. The summed E-state index contributed by atoms with van der Waals surface area (Å²) in [5, 5.41) is 10.2. The highest BCUT2D eigenvalue weighted by Crippen LogP contribution is 2.58. The number of thiazole rings is 1. The average Bonchev–Trinajstić information content (AvgIpc) is 3.23. The second-order valence-corrected chi connectivity index (χ2v) is 13.0. The van der Waals surface area contributed by atoms with Gasteiger partial charge >= 0.3 is 16.1 Å². The number of aliphatic carboxylic acids is 1. The Morgan fingerprint density at radius 3 is 2.71 bits per heavy atom. The minimum atomic E-state index is -4.33. The zero-order chi connectivity index (χ0) is 22.1. The number of carboxylic acids is 1. The average molecular weight is 537 g/mol. The summed E-state index contributed by atoms with van der Waals surface area (Å²) in [4.78, 5) is 13.1. The third-order valence-corrected chi connectivity index (χ3v) is 10.7. The van der Waals surface area contributed by atoms with E-state index in [1.165, 1.54) is 34.4 Å². The number of carbonyl (C=O) groups is 1. The molecule has 0 aliphatic carbocycles. The van der Waals surface area contributed by atoms with Crippen LogP contribution < -0.4 is 9.05 Å². The maximum absolute atomic E-state index is 12.2. The SMILES string of the molecule is O=C(O)C[n+]1c(C=C2Sc3ccc(Cl)cc3[N+]23CCC3S(=O)(=O)O)sc2cc(Cl)sc21. The summed E-state index contributed by atoms with van der Waals surface area (Å²) in [6.45, 7) is 0.238. The van der Waals surface area contributed by atoms with Gasteiger partial charge in [-0.15, -0.1) is 0 Å². The maximum atomic E-state index is 12.2. The number of nitrogens with zero attached hydrogens (tertiary/aromatic N) is 2. The molecule has 2 N–H and O–H groups in total. The van der Waals surface area contributed by atoms with Crippen LogP contribution in [0.15, 0.2) is 34.2 Å². The Hall–Kier alpha value is -1.18. The predicted molar refractivity (Wildman–Crippen MR) is 124 cm³/mol. The lowest BCUT2D eigenvalue weighted by molar-refractivity contribution is -0.655. The van der Waals surface area contributed by atoms with Gasteiger partial charge in [-0.25, -0.2) is 9.28 Å². The first-order valence-corrected chi connectivity index (χ1v) is 13.7. The lowest BCUT2D eigenvalue weighted by atomic mass is 10.1. The molecule has 162 valence electrons. The first-order valence-electron chi connectivity index (χ1n) is 8.97. The Kier molecular flexibility index (Phi) is 5.18. The van der Waals surface area contributed by atoms with Gasteiger partial charge < -0.3 is 5.11 Å². The molecule has 13 heteroatoms. The van der Waals surface area contributed by atoms with E-state index in [0.29, 0.717) is 32.4 Å². The largest absolute Gasteiger partial charge is 0.477 e. The molecule has 2 unspecified atom stereocenters. The molecule has 4 heterocycles. The molecular formula is C18H14Cl2N2O5S4+2. The molecule has 2 aromatic heterocycles. The Labute approximate surface area is 199 Å². The molecule has 31 heavy (non-hydrogen) atoms. The van der Waals surface area contributed by atoms with Crippen LogP contribution in [0.3, 0.4) is 0 Å². The highest BCUT2D eigenvalue weighted by molar-refractivity contribution is 8.03. The molecule has 5 rings (SSSR count). The molecule has 0 bridgehead atoms. The van der Waals surface area contributed by atoms with E-state index < -0.39 is 21.5 Å². The minimum Gasteiger partial charge on any atom is -0.477 e. The number of benzene rings is 1. The van der Waals surface area contributed by atoms with E-state index >= 15 is 0 Å². The van der Waals surface area contributed by atoms with Crippen molar-refractivity contribution in [3.63, 3.8) is 0 Å². The van der Waals surface area contributed by atoms with Crippen molar-refractivity contribution in [2.24, 2.45) is 0 Å². The monoisotopic (exact) mass is 536 g/mol. The first-order chi connectivity index (χ1) is 14.6. The smallest absolute Gasteiger partial charge is 0.370 e. The zero-order valence-electron chi connectivity index (χ0n) is 15.5. The summed E-state index contributed by atoms with van der Waals surface area (Å²) in [7, 11) is -4.33. The van der Waals surface area contributed by atoms with Crippen LogP contribution in [-0.2, 0) is 21.5 Å². The van der Waals surface area contributed by atoms with Crippen molar-refractivity contribution >= 4 is 95.0 Å². The van der Waals surface area contributed by atoms with Gasteiger partial charge in [-0.05, 0) is 30.0 Å². The van der Waals surface area contributed by atoms with Gasteiger partial charge in [0, 0.05) is 11.1 Å². The van der Waals surface area contributed by atoms with E-state index in [9.17, 15) is 22.9 Å². The molecule has 0 saturated carbocycles. The second-order valence-electron chi connectivity index (χ2n) is 7.19. The molecule has 2 aliphatic rings. The number of carboxylic acid groups (broad SMARTS) is 1. The minimum absolute atomic E-state index is 0.0429. The third kappa shape index (κ3) is 3.42. The number of thiophene rings is 1. The molecule has 7 nitrogen and oxygen atoms in total. The van der Waals surface area contributed by atoms with Crippen molar-refractivity contribution in [2.75, 3.05) is 6.54 Å². The summed E-state index contributed by atoms with van der Waals surface area (Å²) in [6, 6.07) is 7.10.